The second-order valence-corrected chi connectivity index (χ2v) is 7.19. The van der Waals surface area contributed by atoms with Crippen LogP contribution in [0.5, 0.6) is 0 Å². The Morgan fingerprint density at radius 3 is 2.52 bits per heavy atom. The number of hydrogen-bond acceptors (Lipinski definition) is 5. The van der Waals surface area contributed by atoms with Gasteiger partial charge in [0.25, 0.3) is 0 Å². The summed E-state index contributed by atoms with van der Waals surface area (Å²) in [4.78, 5) is 12.1. The van der Waals surface area contributed by atoms with Crippen LogP contribution in [0.3, 0.4) is 0 Å². The lowest BCUT2D eigenvalue weighted by atomic mass is 10.2. The summed E-state index contributed by atoms with van der Waals surface area (Å²) in [5.74, 6) is 0.893. The lowest BCUT2D eigenvalue weighted by molar-refractivity contribution is -0.113. The Bertz CT molecular complexity index is 877. The summed E-state index contributed by atoms with van der Waals surface area (Å²) < 4.78 is 2.83. The highest BCUT2D eigenvalue weighted by molar-refractivity contribution is 9.10. The maximum atomic E-state index is 12.1. The molecule has 1 amide bonds. The van der Waals surface area contributed by atoms with Gasteiger partial charge in [-0.3, -0.25) is 4.79 Å². The van der Waals surface area contributed by atoms with E-state index in [9.17, 15) is 4.79 Å². The first-order chi connectivity index (χ1) is 12.0. The smallest absolute Gasteiger partial charge is 0.234 e. The molecule has 3 rings (SSSR count). The van der Waals surface area contributed by atoms with Crippen LogP contribution < -0.4 is 11.1 Å². The van der Waals surface area contributed by atoms with Crippen LogP contribution in [0.25, 0.3) is 11.4 Å². The van der Waals surface area contributed by atoms with Gasteiger partial charge in [-0.15, -0.1) is 10.2 Å². The molecule has 0 bridgehead atoms. The molecule has 0 saturated carbocycles. The van der Waals surface area contributed by atoms with E-state index in [0.717, 1.165) is 21.5 Å². The summed E-state index contributed by atoms with van der Waals surface area (Å²) in [5.41, 5.74) is 8.09. The average molecular weight is 418 g/mol. The summed E-state index contributed by atoms with van der Waals surface area (Å²) in [6.07, 6.45) is 0. The number of rotatable bonds is 5. The number of hydrogen-bond donors (Lipinski definition) is 2. The molecular weight excluding hydrogens is 402 g/mol. The van der Waals surface area contributed by atoms with Crippen molar-refractivity contribution in [3.8, 4) is 11.4 Å². The van der Waals surface area contributed by atoms with E-state index in [1.807, 2.05) is 60.1 Å². The van der Waals surface area contributed by atoms with E-state index in [0.29, 0.717) is 10.8 Å². The predicted molar refractivity (Wildman–Crippen MR) is 104 cm³/mol. The van der Waals surface area contributed by atoms with Gasteiger partial charge in [-0.1, -0.05) is 27.7 Å². The number of nitrogens with zero attached hydrogens (tertiary/aromatic N) is 3. The number of halogens is 1. The first-order valence-corrected chi connectivity index (χ1v) is 9.24. The zero-order valence-corrected chi connectivity index (χ0v) is 15.8. The predicted octanol–water partition coefficient (Wildman–Crippen LogP) is 3.56. The van der Waals surface area contributed by atoms with Crippen LogP contribution in [0, 0.1) is 0 Å². The third kappa shape index (κ3) is 4.40. The average Bonchev–Trinajstić information content (AvgIpc) is 2.97. The molecule has 3 N–H and O–H groups in total. The number of amides is 1. The van der Waals surface area contributed by atoms with Gasteiger partial charge in [-0.05, 0) is 48.5 Å². The van der Waals surface area contributed by atoms with Crippen molar-refractivity contribution >= 4 is 45.0 Å². The van der Waals surface area contributed by atoms with Gasteiger partial charge in [-0.2, -0.15) is 0 Å². The van der Waals surface area contributed by atoms with Gasteiger partial charge < -0.3 is 15.6 Å². The highest BCUT2D eigenvalue weighted by Gasteiger charge is 2.13. The van der Waals surface area contributed by atoms with Crippen LogP contribution in [0.1, 0.15) is 0 Å². The third-order valence-electron chi connectivity index (χ3n) is 3.46. The number of anilines is 2. The summed E-state index contributed by atoms with van der Waals surface area (Å²) in [5, 5.41) is 11.9. The van der Waals surface area contributed by atoms with Gasteiger partial charge in [0.05, 0.1) is 5.75 Å². The molecule has 25 heavy (non-hydrogen) atoms. The highest BCUT2D eigenvalue weighted by Crippen LogP contribution is 2.23. The van der Waals surface area contributed by atoms with Gasteiger partial charge in [0.15, 0.2) is 11.0 Å². The van der Waals surface area contributed by atoms with E-state index in [1.165, 1.54) is 11.8 Å². The van der Waals surface area contributed by atoms with Crippen molar-refractivity contribution in [1.29, 1.82) is 0 Å². The molecule has 1 heterocycles. The lowest BCUT2D eigenvalue weighted by Gasteiger charge is -2.06. The minimum atomic E-state index is -0.0932. The normalized spacial score (nSPS) is 10.6. The first kappa shape index (κ1) is 17.5. The highest BCUT2D eigenvalue weighted by atomic mass is 79.9. The fraction of sp³-hybridized carbons (Fsp3) is 0.118. The molecule has 0 radical (unpaired) electrons. The van der Waals surface area contributed by atoms with Crippen molar-refractivity contribution in [2.45, 2.75) is 5.16 Å². The molecule has 0 atom stereocenters. The van der Waals surface area contributed by atoms with Crippen molar-refractivity contribution < 1.29 is 4.79 Å². The largest absolute Gasteiger partial charge is 0.399 e. The van der Waals surface area contributed by atoms with Crippen molar-refractivity contribution in [1.82, 2.24) is 14.8 Å². The zero-order valence-electron chi connectivity index (χ0n) is 13.4. The van der Waals surface area contributed by atoms with E-state index >= 15 is 0 Å². The molecule has 6 nitrogen and oxygen atoms in total. The molecule has 0 aliphatic carbocycles. The first-order valence-electron chi connectivity index (χ1n) is 7.46. The Kier molecular flexibility index (Phi) is 5.40. The quantitative estimate of drug-likeness (QED) is 0.489. The fourth-order valence-corrected chi connectivity index (χ4v) is 3.16. The van der Waals surface area contributed by atoms with E-state index in [1.54, 1.807) is 0 Å². The van der Waals surface area contributed by atoms with E-state index in [2.05, 4.69) is 31.4 Å². The molecular formula is C17H16BrN5OS. The molecule has 0 unspecified atom stereocenters. The van der Waals surface area contributed by atoms with Crippen LogP contribution in [0.15, 0.2) is 58.2 Å². The summed E-state index contributed by atoms with van der Waals surface area (Å²) in [7, 11) is 1.88. The van der Waals surface area contributed by atoms with Gasteiger partial charge in [0.2, 0.25) is 5.91 Å². The molecule has 2 aromatic carbocycles. The molecule has 0 aliphatic heterocycles. The minimum absolute atomic E-state index is 0.0932. The molecule has 8 heteroatoms. The van der Waals surface area contributed by atoms with Gasteiger partial charge >= 0.3 is 0 Å². The van der Waals surface area contributed by atoms with E-state index in [-0.39, 0.29) is 11.7 Å². The van der Waals surface area contributed by atoms with Gasteiger partial charge in [0.1, 0.15) is 0 Å². The van der Waals surface area contributed by atoms with Crippen molar-refractivity contribution in [3.05, 3.63) is 53.0 Å². The summed E-state index contributed by atoms with van der Waals surface area (Å²) in [6, 6.07) is 14.9. The molecule has 0 fully saturated rings. The molecule has 3 aromatic rings. The molecule has 0 aliphatic rings. The van der Waals surface area contributed by atoms with Crippen molar-refractivity contribution in [3.63, 3.8) is 0 Å². The number of aromatic nitrogens is 3. The van der Waals surface area contributed by atoms with Crippen LogP contribution in [0.2, 0.25) is 0 Å². The standard InChI is InChI=1S/C17H16BrN5OS/c1-23-16(11-2-6-13(19)7-3-11)21-22-17(23)25-10-15(24)20-14-8-4-12(18)5-9-14/h2-9H,10,19H2,1H3,(H,20,24). The second kappa shape index (κ2) is 7.71. The number of benzene rings is 2. The maximum absolute atomic E-state index is 12.1. The Labute approximate surface area is 158 Å². The van der Waals surface area contributed by atoms with Gasteiger partial charge in [-0.25, -0.2) is 0 Å². The van der Waals surface area contributed by atoms with Crippen molar-refractivity contribution in [2.75, 3.05) is 16.8 Å². The molecule has 0 saturated heterocycles. The van der Waals surface area contributed by atoms with Crippen LogP contribution in [-0.4, -0.2) is 26.4 Å². The minimum Gasteiger partial charge on any atom is -0.399 e. The van der Waals surface area contributed by atoms with Crippen LogP contribution in [-0.2, 0) is 11.8 Å². The topological polar surface area (TPSA) is 85.8 Å². The SMILES string of the molecule is Cn1c(SCC(=O)Nc2ccc(Br)cc2)nnc1-c1ccc(N)cc1. The number of carbonyl (C=O) groups excluding carboxylic acids is 1. The Hall–Kier alpha value is -2.32. The maximum Gasteiger partial charge on any atom is 0.234 e. The number of carbonyl (C=O) groups is 1. The molecule has 1 aromatic heterocycles. The fourth-order valence-electron chi connectivity index (χ4n) is 2.18. The van der Waals surface area contributed by atoms with E-state index < -0.39 is 0 Å². The third-order valence-corrected chi connectivity index (χ3v) is 5.01. The molecule has 128 valence electrons. The summed E-state index contributed by atoms with van der Waals surface area (Å²) >= 11 is 4.70. The Morgan fingerprint density at radius 1 is 1.16 bits per heavy atom. The molecule has 0 spiro atoms. The van der Waals surface area contributed by atoms with E-state index in [4.69, 9.17) is 5.73 Å². The lowest BCUT2D eigenvalue weighted by Crippen LogP contribution is -2.14. The van der Waals surface area contributed by atoms with Gasteiger partial charge in [0, 0.05) is 28.5 Å². The number of nitrogen functional groups attached to an aromatic ring is 1. The number of nitrogens with two attached hydrogens (primary N) is 1. The van der Waals surface area contributed by atoms with Crippen molar-refractivity contribution in [2.24, 2.45) is 7.05 Å². The van der Waals surface area contributed by atoms with Crippen LogP contribution in [0.4, 0.5) is 11.4 Å². The zero-order chi connectivity index (χ0) is 17.8. The Balaban J connectivity index is 1.62. The monoisotopic (exact) mass is 417 g/mol. The summed E-state index contributed by atoms with van der Waals surface area (Å²) in [6.45, 7) is 0. The second-order valence-electron chi connectivity index (χ2n) is 5.33. The number of thioether (sulfide) groups is 1. The number of nitrogens with one attached hydrogen (secondary N) is 1. The Morgan fingerprint density at radius 2 is 1.84 bits per heavy atom. The van der Waals surface area contributed by atoms with Crippen LogP contribution >= 0.6 is 27.7 Å².